The van der Waals surface area contributed by atoms with Gasteiger partial charge < -0.3 is 9.80 Å². The van der Waals surface area contributed by atoms with Crippen molar-refractivity contribution >= 4 is 11.7 Å². The quantitative estimate of drug-likeness (QED) is 0.763. The number of pyridine rings is 1. The lowest BCUT2D eigenvalue weighted by Crippen LogP contribution is -2.36. The molecule has 0 spiro atoms. The summed E-state index contributed by atoms with van der Waals surface area (Å²) < 4.78 is 0. The van der Waals surface area contributed by atoms with Gasteiger partial charge in [0.1, 0.15) is 12.4 Å². The van der Waals surface area contributed by atoms with E-state index in [1.807, 2.05) is 24.3 Å². The lowest BCUT2D eigenvalue weighted by molar-refractivity contribution is -0.134. The highest BCUT2D eigenvalue weighted by atomic mass is 16.2. The first kappa shape index (κ1) is 13.3. The minimum Gasteiger partial charge on any atom is -0.356 e. The zero-order valence-electron chi connectivity index (χ0n) is 11.3. The molecule has 19 heavy (non-hydrogen) atoms. The van der Waals surface area contributed by atoms with E-state index in [0.717, 1.165) is 12.4 Å². The lowest BCUT2D eigenvalue weighted by Gasteiger charge is -2.20. The van der Waals surface area contributed by atoms with Crippen LogP contribution in [0.3, 0.4) is 0 Å². The molecule has 0 saturated carbocycles. The number of nitriles is 1. The molecule has 0 unspecified atom stereocenters. The molecule has 100 valence electrons. The number of hydrogen-bond acceptors (Lipinski definition) is 4. The molecule has 5 heteroatoms. The van der Waals surface area contributed by atoms with Crippen LogP contribution in [-0.4, -0.2) is 42.5 Å². The van der Waals surface area contributed by atoms with Crippen molar-refractivity contribution in [3.05, 3.63) is 24.4 Å². The molecule has 1 saturated heterocycles. The maximum Gasteiger partial charge on any atom is 0.228 e. The summed E-state index contributed by atoms with van der Waals surface area (Å²) in [5.74, 6) is 1.18. The largest absolute Gasteiger partial charge is 0.356 e. The van der Waals surface area contributed by atoms with Crippen LogP contribution in [0.25, 0.3) is 0 Å². The molecule has 1 fully saturated rings. The zero-order chi connectivity index (χ0) is 13.8. The molecule has 5 nitrogen and oxygen atoms in total. The van der Waals surface area contributed by atoms with Crippen molar-refractivity contribution in [3.63, 3.8) is 0 Å². The third-order valence-corrected chi connectivity index (χ3v) is 3.59. The smallest absolute Gasteiger partial charge is 0.228 e. The molecule has 1 aliphatic rings. The maximum absolute atomic E-state index is 12.3. The van der Waals surface area contributed by atoms with E-state index in [4.69, 9.17) is 5.26 Å². The second kappa shape index (κ2) is 5.70. The number of rotatable bonds is 3. The number of nitrogens with zero attached hydrogens (tertiary/aromatic N) is 4. The Labute approximate surface area is 113 Å². The summed E-state index contributed by atoms with van der Waals surface area (Å²) in [6, 6.07) is 7.80. The van der Waals surface area contributed by atoms with Crippen molar-refractivity contribution < 1.29 is 4.79 Å². The molecule has 0 radical (unpaired) electrons. The summed E-state index contributed by atoms with van der Waals surface area (Å²) >= 11 is 0. The van der Waals surface area contributed by atoms with Crippen LogP contribution >= 0.6 is 0 Å². The van der Waals surface area contributed by atoms with Crippen LogP contribution in [0.15, 0.2) is 24.4 Å². The van der Waals surface area contributed by atoms with Crippen LogP contribution in [0.2, 0.25) is 0 Å². The van der Waals surface area contributed by atoms with Gasteiger partial charge in [-0.25, -0.2) is 4.98 Å². The third-order valence-electron chi connectivity index (χ3n) is 3.59. The number of hydrogen-bond donors (Lipinski definition) is 0. The lowest BCUT2D eigenvalue weighted by atomic mass is 9.97. The van der Waals surface area contributed by atoms with Gasteiger partial charge in [0.05, 0.1) is 12.0 Å². The van der Waals surface area contributed by atoms with E-state index >= 15 is 0 Å². The Kier molecular flexibility index (Phi) is 4.00. The summed E-state index contributed by atoms with van der Waals surface area (Å²) in [7, 11) is 1.68. The first-order valence-corrected chi connectivity index (χ1v) is 6.41. The highest BCUT2D eigenvalue weighted by Gasteiger charge is 2.36. The van der Waals surface area contributed by atoms with Gasteiger partial charge in [0.25, 0.3) is 0 Å². The van der Waals surface area contributed by atoms with Crippen molar-refractivity contribution in [2.24, 2.45) is 11.8 Å². The predicted molar refractivity (Wildman–Crippen MR) is 72.4 cm³/mol. The molecule has 1 aliphatic heterocycles. The molecule has 2 heterocycles. The van der Waals surface area contributed by atoms with Crippen LogP contribution in [-0.2, 0) is 4.79 Å². The van der Waals surface area contributed by atoms with Crippen molar-refractivity contribution in [2.45, 2.75) is 6.92 Å². The Morgan fingerprint density at radius 3 is 3.00 bits per heavy atom. The summed E-state index contributed by atoms with van der Waals surface area (Å²) in [6.45, 7) is 3.72. The zero-order valence-corrected chi connectivity index (χ0v) is 11.3. The molecule has 1 amide bonds. The molecular weight excluding hydrogens is 240 g/mol. The highest BCUT2D eigenvalue weighted by molar-refractivity contribution is 5.80. The van der Waals surface area contributed by atoms with Gasteiger partial charge in [-0.1, -0.05) is 13.0 Å². The molecule has 0 bridgehead atoms. The molecule has 0 N–H and O–H groups in total. The Morgan fingerprint density at radius 2 is 2.37 bits per heavy atom. The van der Waals surface area contributed by atoms with E-state index in [9.17, 15) is 4.79 Å². The van der Waals surface area contributed by atoms with Crippen molar-refractivity contribution in [2.75, 3.05) is 31.6 Å². The Morgan fingerprint density at radius 1 is 1.58 bits per heavy atom. The van der Waals surface area contributed by atoms with Crippen LogP contribution in [0.4, 0.5) is 5.82 Å². The van der Waals surface area contributed by atoms with Crippen molar-refractivity contribution in [1.29, 1.82) is 5.26 Å². The van der Waals surface area contributed by atoms with Gasteiger partial charge in [-0.15, -0.1) is 0 Å². The van der Waals surface area contributed by atoms with Crippen LogP contribution in [0.1, 0.15) is 6.92 Å². The average Bonchev–Trinajstić information content (AvgIpc) is 2.81. The van der Waals surface area contributed by atoms with Gasteiger partial charge in [-0.3, -0.25) is 4.79 Å². The fourth-order valence-corrected chi connectivity index (χ4v) is 2.48. The second-order valence-electron chi connectivity index (χ2n) is 5.03. The minimum atomic E-state index is -0.0552. The number of carbonyl (C=O) groups excluding carboxylic acids is 1. The standard InChI is InChI=1S/C14H18N4O/c1-11-9-18(13-5-3-4-7-16-13)10-12(11)14(19)17(2)8-6-15/h3-5,7,11-12H,8-10H2,1-2H3/t11-,12-/m1/s1. The molecule has 0 aromatic carbocycles. The second-order valence-corrected chi connectivity index (χ2v) is 5.03. The number of anilines is 1. The molecule has 2 rings (SSSR count). The topological polar surface area (TPSA) is 60.2 Å². The van der Waals surface area contributed by atoms with E-state index in [-0.39, 0.29) is 24.3 Å². The van der Waals surface area contributed by atoms with Gasteiger partial charge in [-0.2, -0.15) is 5.26 Å². The van der Waals surface area contributed by atoms with E-state index in [1.165, 1.54) is 4.90 Å². The van der Waals surface area contributed by atoms with Crippen molar-refractivity contribution in [1.82, 2.24) is 9.88 Å². The molecular formula is C14H18N4O. The van der Waals surface area contributed by atoms with Gasteiger partial charge in [0.2, 0.25) is 5.91 Å². The molecule has 1 aromatic heterocycles. The fourth-order valence-electron chi connectivity index (χ4n) is 2.48. The Balaban J connectivity index is 2.06. The summed E-state index contributed by atoms with van der Waals surface area (Å²) in [6.07, 6.45) is 1.76. The van der Waals surface area contributed by atoms with E-state index in [0.29, 0.717) is 6.54 Å². The Hall–Kier alpha value is -2.09. The van der Waals surface area contributed by atoms with Gasteiger partial charge in [-0.05, 0) is 18.1 Å². The van der Waals surface area contributed by atoms with Gasteiger partial charge in [0.15, 0.2) is 0 Å². The normalized spacial score (nSPS) is 22.1. The van der Waals surface area contributed by atoms with Gasteiger partial charge in [0, 0.05) is 26.3 Å². The van der Waals surface area contributed by atoms with E-state index in [1.54, 1.807) is 13.2 Å². The van der Waals surface area contributed by atoms with Crippen LogP contribution in [0.5, 0.6) is 0 Å². The fraction of sp³-hybridized carbons (Fsp3) is 0.500. The predicted octanol–water partition coefficient (Wildman–Crippen LogP) is 1.14. The summed E-state index contributed by atoms with van der Waals surface area (Å²) in [4.78, 5) is 20.2. The minimum absolute atomic E-state index is 0.0486. The van der Waals surface area contributed by atoms with Crippen LogP contribution in [0, 0.1) is 23.2 Å². The number of aromatic nitrogens is 1. The highest BCUT2D eigenvalue weighted by Crippen LogP contribution is 2.27. The van der Waals surface area contributed by atoms with E-state index < -0.39 is 0 Å². The number of carbonyl (C=O) groups is 1. The van der Waals surface area contributed by atoms with E-state index in [2.05, 4.69) is 16.8 Å². The summed E-state index contributed by atoms with van der Waals surface area (Å²) in [5, 5.41) is 8.66. The van der Waals surface area contributed by atoms with Crippen molar-refractivity contribution in [3.8, 4) is 6.07 Å². The third kappa shape index (κ3) is 2.84. The first-order valence-electron chi connectivity index (χ1n) is 6.41. The Bertz CT molecular complexity index is 482. The monoisotopic (exact) mass is 258 g/mol. The average molecular weight is 258 g/mol. The first-order chi connectivity index (χ1) is 9.13. The van der Waals surface area contributed by atoms with Gasteiger partial charge >= 0.3 is 0 Å². The van der Waals surface area contributed by atoms with Crippen LogP contribution < -0.4 is 4.90 Å². The SMILES string of the molecule is C[C@@H]1CN(c2ccccn2)C[C@H]1C(=O)N(C)CC#N. The molecule has 1 aromatic rings. The molecule has 2 atom stereocenters. The summed E-state index contributed by atoms with van der Waals surface area (Å²) in [5.41, 5.74) is 0. The molecule has 0 aliphatic carbocycles. The maximum atomic E-state index is 12.3. The number of amides is 1.